The molecule has 1 aliphatic heterocycles. The van der Waals surface area contributed by atoms with Crippen LogP contribution in [0.2, 0.25) is 0 Å². The number of anilines is 1. The number of para-hydroxylation sites is 1. The van der Waals surface area contributed by atoms with Crippen molar-refractivity contribution in [2.75, 3.05) is 31.1 Å². The van der Waals surface area contributed by atoms with E-state index >= 15 is 0 Å². The first-order chi connectivity index (χ1) is 16.7. The minimum atomic E-state index is -0.695. The first kappa shape index (κ1) is 24.5. The molecule has 1 N–H and O–H groups in total. The monoisotopic (exact) mass is 474 g/mol. The van der Waals surface area contributed by atoms with Crippen LogP contribution in [0.4, 0.5) is 10.6 Å². The van der Waals surface area contributed by atoms with Crippen LogP contribution in [0.3, 0.4) is 0 Å². The Balaban J connectivity index is 1.45. The van der Waals surface area contributed by atoms with Crippen molar-refractivity contribution in [1.82, 2.24) is 15.2 Å². The van der Waals surface area contributed by atoms with Crippen molar-refractivity contribution >= 4 is 28.7 Å². The molecule has 35 heavy (non-hydrogen) atoms. The number of fused-ring (bicyclic) bond motifs is 1. The Morgan fingerprint density at radius 2 is 1.66 bits per heavy atom. The van der Waals surface area contributed by atoms with Crippen LogP contribution in [0.5, 0.6) is 0 Å². The molecule has 184 valence electrons. The highest BCUT2D eigenvalue weighted by Crippen LogP contribution is 2.23. The lowest BCUT2D eigenvalue weighted by Crippen LogP contribution is -2.56. The number of nitrogens with one attached hydrogen (secondary N) is 1. The second kappa shape index (κ2) is 10.3. The van der Waals surface area contributed by atoms with Gasteiger partial charge in [-0.05, 0) is 51.0 Å². The number of hydrogen-bond donors (Lipinski definition) is 1. The van der Waals surface area contributed by atoms with Crippen molar-refractivity contribution in [2.24, 2.45) is 0 Å². The fourth-order valence-corrected chi connectivity index (χ4v) is 4.37. The Morgan fingerprint density at radius 1 is 1.00 bits per heavy atom. The number of pyridine rings is 1. The quantitative estimate of drug-likeness (QED) is 0.596. The third kappa shape index (κ3) is 6.29. The molecule has 0 bridgehead atoms. The van der Waals surface area contributed by atoms with Crippen molar-refractivity contribution in [3.63, 3.8) is 0 Å². The average molecular weight is 475 g/mol. The lowest BCUT2D eigenvalue weighted by atomic mass is 10.0. The summed E-state index contributed by atoms with van der Waals surface area (Å²) < 4.78 is 5.43. The van der Waals surface area contributed by atoms with Gasteiger partial charge in [0.1, 0.15) is 17.5 Å². The molecule has 0 radical (unpaired) electrons. The number of rotatable bonds is 5. The number of piperazine rings is 1. The fourth-order valence-electron chi connectivity index (χ4n) is 4.37. The highest BCUT2D eigenvalue weighted by atomic mass is 16.6. The van der Waals surface area contributed by atoms with E-state index in [-0.39, 0.29) is 5.91 Å². The van der Waals surface area contributed by atoms with Gasteiger partial charge in [-0.15, -0.1) is 0 Å². The van der Waals surface area contributed by atoms with Gasteiger partial charge in [-0.2, -0.15) is 0 Å². The number of carbonyl (C=O) groups is 2. The van der Waals surface area contributed by atoms with Crippen LogP contribution >= 0.6 is 0 Å². The number of ether oxygens (including phenoxy) is 1. The van der Waals surface area contributed by atoms with E-state index < -0.39 is 17.7 Å². The van der Waals surface area contributed by atoms with Crippen LogP contribution < -0.4 is 10.2 Å². The van der Waals surface area contributed by atoms with Crippen LogP contribution in [-0.4, -0.2) is 59.7 Å². The van der Waals surface area contributed by atoms with Gasteiger partial charge in [-0.3, -0.25) is 4.79 Å². The molecule has 1 aliphatic rings. The molecule has 1 unspecified atom stereocenters. The zero-order valence-electron chi connectivity index (χ0n) is 21.0. The van der Waals surface area contributed by atoms with Gasteiger partial charge in [0, 0.05) is 38.0 Å². The minimum Gasteiger partial charge on any atom is -0.444 e. The van der Waals surface area contributed by atoms with Gasteiger partial charge in [-0.25, -0.2) is 9.78 Å². The largest absolute Gasteiger partial charge is 0.444 e. The average Bonchev–Trinajstić information content (AvgIpc) is 2.83. The van der Waals surface area contributed by atoms with Crippen LogP contribution in [0.25, 0.3) is 10.9 Å². The van der Waals surface area contributed by atoms with Gasteiger partial charge < -0.3 is 19.9 Å². The van der Waals surface area contributed by atoms with Gasteiger partial charge in [-0.1, -0.05) is 48.5 Å². The predicted molar refractivity (Wildman–Crippen MR) is 139 cm³/mol. The number of nitrogens with zero attached hydrogens (tertiary/aromatic N) is 3. The topological polar surface area (TPSA) is 74.8 Å². The summed E-state index contributed by atoms with van der Waals surface area (Å²) in [6.07, 6.45) is -0.175. The molecule has 7 nitrogen and oxygen atoms in total. The summed E-state index contributed by atoms with van der Waals surface area (Å²) in [5.41, 5.74) is 2.51. The molecule has 1 saturated heterocycles. The summed E-state index contributed by atoms with van der Waals surface area (Å²) in [5.74, 6) is 0.836. The van der Waals surface area contributed by atoms with Gasteiger partial charge >= 0.3 is 6.09 Å². The van der Waals surface area contributed by atoms with Gasteiger partial charge in [0.05, 0.1) is 5.52 Å². The molecule has 2 heterocycles. The SMILES string of the molecule is Cc1cc(N2CCN(C(=O)C(Cc3ccccc3)NC(=O)OC(C)(C)C)CC2)nc2ccccc12. The summed E-state index contributed by atoms with van der Waals surface area (Å²) in [6, 6.07) is 19.3. The second-order valence-corrected chi connectivity index (χ2v) is 10.0. The highest BCUT2D eigenvalue weighted by Gasteiger charge is 2.30. The number of aromatic nitrogens is 1. The number of aryl methyl sites for hydroxylation is 1. The number of benzene rings is 2. The maximum atomic E-state index is 13.5. The first-order valence-electron chi connectivity index (χ1n) is 12.1. The molecule has 7 heteroatoms. The fraction of sp³-hybridized carbons (Fsp3) is 0.393. The summed E-state index contributed by atoms with van der Waals surface area (Å²) >= 11 is 0. The first-order valence-corrected chi connectivity index (χ1v) is 12.1. The Hall–Kier alpha value is -3.61. The van der Waals surface area contributed by atoms with Crippen molar-refractivity contribution in [3.05, 3.63) is 71.8 Å². The van der Waals surface area contributed by atoms with Crippen LogP contribution in [0, 0.1) is 6.92 Å². The molecule has 4 rings (SSSR count). The molecular weight excluding hydrogens is 440 g/mol. The molecule has 2 amide bonds. The van der Waals surface area contributed by atoms with Gasteiger partial charge in [0.15, 0.2) is 0 Å². The number of alkyl carbamates (subject to hydrolysis) is 1. The Labute approximate surface area is 207 Å². The van der Waals surface area contributed by atoms with Crippen LogP contribution in [0.1, 0.15) is 31.9 Å². The zero-order chi connectivity index (χ0) is 25.0. The molecular formula is C28H34N4O3. The third-order valence-corrected chi connectivity index (χ3v) is 6.10. The third-order valence-electron chi connectivity index (χ3n) is 6.10. The molecule has 0 aliphatic carbocycles. The number of carbonyl (C=O) groups excluding carboxylic acids is 2. The molecule has 1 atom stereocenters. The number of amides is 2. The number of hydrogen-bond acceptors (Lipinski definition) is 5. The second-order valence-electron chi connectivity index (χ2n) is 10.0. The van der Waals surface area contributed by atoms with E-state index in [1.165, 1.54) is 5.56 Å². The van der Waals surface area contributed by atoms with Crippen molar-refractivity contribution in [1.29, 1.82) is 0 Å². The normalized spacial score (nSPS) is 15.1. The molecule has 3 aromatic rings. The van der Waals surface area contributed by atoms with Crippen molar-refractivity contribution in [3.8, 4) is 0 Å². The van der Waals surface area contributed by atoms with E-state index in [1.807, 2.05) is 74.2 Å². The highest BCUT2D eigenvalue weighted by molar-refractivity contribution is 5.86. The molecule has 0 spiro atoms. The van der Waals surface area contributed by atoms with E-state index in [1.54, 1.807) is 0 Å². The van der Waals surface area contributed by atoms with E-state index in [0.717, 1.165) is 22.3 Å². The predicted octanol–water partition coefficient (Wildman–Crippen LogP) is 4.33. The standard InChI is InChI=1S/C28H34N4O3/c1-20-18-25(29-23-13-9-8-12-22(20)23)31-14-16-32(17-15-31)26(33)24(19-21-10-6-5-7-11-21)30-27(34)35-28(2,3)4/h5-13,18,24H,14-17,19H2,1-4H3,(H,30,34). The van der Waals surface area contributed by atoms with Crippen LogP contribution in [-0.2, 0) is 16.0 Å². The lowest BCUT2D eigenvalue weighted by molar-refractivity contribution is -0.133. The Morgan fingerprint density at radius 3 is 2.34 bits per heavy atom. The lowest BCUT2D eigenvalue weighted by Gasteiger charge is -2.37. The summed E-state index contributed by atoms with van der Waals surface area (Å²) in [6.45, 7) is 10.0. The van der Waals surface area contributed by atoms with Gasteiger partial charge in [0.2, 0.25) is 5.91 Å². The van der Waals surface area contributed by atoms with Crippen molar-refractivity contribution in [2.45, 2.75) is 45.8 Å². The van der Waals surface area contributed by atoms with E-state index in [9.17, 15) is 9.59 Å². The maximum absolute atomic E-state index is 13.5. The Kier molecular flexibility index (Phi) is 7.24. The van der Waals surface area contributed by atoms with E-state index in [4.69, 9.17) is 9.72 Å². The molecule has 1 fully saturated rings. The van der Waals surface area contributed by atoms with Crippen molar-refractivity contribution < 1.29 is 14.3 Å². The summed E-state index contributed by atoms with van der Waals surface area (Å²) in [7, 11) is 0. The van der Waals surface area contributed by atoms with E-state index in [2.05, 4.69) is 29.3 Å². The van der Waals surface area contributed by atoms with Crippen LogP contribution in [0.15, 0.2) is 60.7 Å². The molecule has 1 aromatic heterocycles. The summed E-state index contributed by atoms with van der Waals surface area (Å²) in [5, 5.41) is 3.97. The molecule has 2 aromatic carbocycles. The minimum absolute atomic E-state index is 0.0954. The smallest absolute Gasteiger partial charge is 0.408 e. The maximum Gasteiger partial charge on any atom is 0.408 e. The Bertz CT molecular complexity index is 1180. The molecule has 0 saturated carbocycles. The zero-order valence-corrected chi connectivity index (χ0v) is 21.0. The van der Waals surface area contributed by atoms with Gasteiger partial charge in [0.25, 0.3) is 0 Å². The summed E-state index contributed by atoms with van der Waals surface area (Å²) in [4.78, 5) is 34.9. The van der Waals surface area contributed by atoms with E-state index in [0.29, 0.717) is 32.6 Å².